The summed E-state index contributed by atoms with van der Waals surface area (Å²) in [6.45, 7) is 0.201. The molecule has 1 aromatic carbocycles. The van der Waals surface area contributed by atoms with Gasteiger partial charge in [-0.2, -0.15) is 0 Å². The molecule has 1 N–H and O–H groups in total. The number of benzene rings is 1. The fourth-order valence-electron chi connectivity index (χ4n) is 3.59. The Morgan fingerprint density at radius 3 is 2.38 bits per heavy atom. The molecular formula is C18H21FN2O3. The van der Waals surface area contributed by atoms with Crippen LogP contribution in [0.3, 0.4) is 0 Å². The minimum absolute atomic E-state index is 0.0470. The Labute approximate surface area is 140 Å². The van der Waals surface area contributed by atoms with Crippen LogP contribution in [0.4, 0.5) is 4.39 Å². The Hall–Kier alpha value is -2.24. The van der Waals surface area contributed by atoms with E-state index in [-0.39, 0.29) is 54.9 Å². The molecule has 2 aliphatic rings. The number of hydrogen-bond acceptors (Lipinski definition) is 3. The van der Waals surface area contributed by atoms with Gasteiger partial charge in [0.1, 0.15) is 5.82 Å². The SMILES string of the molecule is O=C(CCN1C(=O)[C@H]2CCCC[C@@H]2C1=O)NCc1ccccc1F. The second-order valence-corrected chi connectivity index (χ2v) is 6.44. The van der Waals surface area contributed by atoms with Crippen LogP contribution in [0.2, 0.25) is 0 Å². The van der Waals surface area contributed by atoms with Gasteiger partial charge in [-0.3, -0.25) is 19.3 Å². The van der Waals surface area contributed by atoms with E-state index in [2.05, 4.69) is 5.32 Å². The summed E-state index contributed by atoms with van der Waals surface area (Å²) in [4.78, 5) is 37.8. The molecule has 3 amide bonds. The molecule has 6 heteroatoms. The number of rotatable bonds is 5. The molecule has 0 bridgehead atoms. The lowest BCUT2D eigenvalue weighted by Gasteiger charge is -2.19. The van der Waals surface area contributed by atoms with Crippen molar-refractivity contribution >= 4 is 17.7 Å². The van der Waals surface area contributed by atoms with Gasteiger partial charge in [0.25, 0.3) is 0 Å². The molecule has 1 saturated heterocycles. The monoisotopic (exact) mass is 332 g/mol. The van der Waals surface area contributed by atoms with Gasteiger partial charge < -0.3 is 5.32 Å². The highest BCUT2D eigenvalue weighted by Crippen LogP contribution is 2.37. The maximum Gasteiger partial charge on any atom is 0.233 e. The van der Waals surface area contributed by atoms with Crippen molar-refractivity contribution in [1.29, 1.82) is 0 Å². The van der Waals surface area contributed by atoms with Crippen LogP contribution in [0.25, 0.3) is 0 Å². The van der Waals surface area contributed by atoms with E-state index in [4.69, 9.17) is 0 Å². The number of nitrogens with one attached hydrogen (secondary N) is 1. The standard InChI is InChI=1S/C18H21FN2O3/c19-15-8-4-1-5-12(15)11-20-16(22)9-10-21-17(23)13-6-2-3-7-14(13)18(21)24/h1,4-5,8,13-14H,2-3,6-7,9-11H2,(H,20,22)/t13-,14-/m0/s1. The van der Waals surface area contributed by atoms with Crippen molar-refractivity contribution in [2.75, 3.05) is 6.54 Å². The molecule has 128 valence electrons. The smallest absolute Gasteiger partial charge is 0.233 e. The van der Waals surface area contributed by atoms with E-state index in [1.807, 2.05) is 0 Å². The summed E-state index contributed by atoms with van der Waals surface area (Å²) in [5, 5.41) is 2.63. The molecule has 5 nitrogen and oxygen atoms in total. The highest BCUT2D eigenvalue weighted by Gasteiger charge is 2.47. The molecule has 1 aromatic rings. The highest BCUT2D eigenvalue weighted by molar-refractivity contribution is 6.05. The Kier molecular flexibility index (Phi) is 4.92. The number of nitrogens with zero attached hydrogens (tertiary/aromatic N) is 1. The lowest BCUT2D eigenvalue weighted by molar-refractivity contribution is -0.140. The van der Waals surface area contributed by atoms with Gasteiger partial charge in [-0.25, -0.2) is 4.39 Å². The average Bonchev–Trinajstić information content (AvgIpc) is 2.84. The van der Waals surface area contributed by atoms with Crippen LogP contribution in [0, 0.1) is 17.7 Å². The molecule has 0 radical (unpaired) electrons. The van der Waals surface area contributed by atoms with Crippen LogP contribution < -0.4 is 5.32 Å². The van der Waals surface area contributed by atoms with E-state index in [0.29, 0.717) is 5.56 Å². The van der Waals surface area contributed by atoms with E-state index >= 15 is 0 Å². The summed E-state index contributed by atoms with van der Waals surface area (Å²) in [7, 11) is 0. The van der Waals surface area contributed by atoms with Crippen LogP contribution in [0.5, 0.6) is 0 Å². The van der Waals surface area contributed by atoms with Crippen LogP contribution >= 0.6 is 0 Å². The second-order valence-electron chi connectivity index (χ2n) is 6.44. The van der Waals surface area contributed by atoms with Crippen molar-refractivity contribution in [2.45, 2.75) is 38.6 Å². The van der Waals surface area contributed by atoms with Gasteiger partial charge in [0, 0.05) is 25.1 Å². The average molecular weight is 332 g/mol. The van der Waals surface area contributed by atoms with Crippen molar-refractivity contribution in [3.63, 3.8) is 0 Å². The molecule has 0 aromatic heterocycles. The lowest BCUT2D eigenvalue weighted by Crippen LogP contribution is -2.35. The summed E-state index contributed by atoms with van der Waals surface area (Å²) in [5.74, 6) is -1.31. The maximum absolute atomic E-state index is 13.5. The molecule has 0 unspecified atom stereocenters. The highest BCUT2D eigenvalue weighted by atomic mass is 19.1. The molecule has 1 saturated carbocycles. The summed E-state index contributed by atoms with van der Waals surface area (Å²) in [6.07, 6.45) is 3.55. The van der Waals surface area contributed by atoms with Gasteiger partial charge in [0.15, 0.2) is 0 Å². The minimum atomic E-state index is -0.369. The van der Waals surface area contributed by atoms with E-state index in [1.54, 1.807) is 18.2 Å². The van der Waals surface area contributed by atoms with Gasteiger partial charge in [-0.15, -0.1) is 0 Å². The first-order valence-corrected chi connectivity index (χ1v) is 8.43. The zero-order chi connectivity index (χ0) is 17.1. The first-order chi connectivity index (χ1) is 11.6. The Morgan fingerprint density at radius 1 is 1.12 bits per heavy atom. The quantitative estimate of drug-likeness (QED) is 0.839. The summed E-state index contributed by atoms with van der Waals surface area (Å²) in [6, 6.07) is 6.23. The van der Waals surface area contributed by atoms with Gasteiger partial charge in [0.05, 0.1) is 11.8 Å². The zero-order valence-corrected chi connectivity index (χ0v) is 13.5. The van der Waals surface area contributed by atoms with Crippen molar-refractivity contribution in [3.8, 4) is 0 Å². The lowest BCUT2D eigenvalue weighted by atomic mass is 9.81. The number of fused-ring (bicyclic) bond motifs is 1. The Bertz CT molecular complexity index is 637. The fourth-order valence-corrected chi connectivity index (χ4v) is 3.59. The molecule has 3 rings (SSSR count). The molecule has 1 heterocycles. The minimum Gasteiger partial charge on any atom is -0.352 e. The summed E-state index contributed by atoms with van der Waals surface area (Å²) in [5.41, 5.74) is 0.408. The predicted octanol–water partition coefficient (Wildman–Crippen LogP) is 2.01. The van der Waals surface area contributed by atoms with E-state index in [9.17, 15) is 18.8 Å². The topological polar surface area (TPSA) is 66.5 Å². The van der Waals surface area contributed by atoms with Gasteiger partial charge in [0.2, 0.25) is 17.7 Å². The second kappa shape index (κ2) is 7.11. The molecule has 2 atom stereocenters. The first-order valence-electron chi connectivity index (χ1n) is 8.43. The predicted molar refractivity (Wildman–Crippen MR) is 85.0 cm³/mol. The van der Waals surface area contributed by atoms with Crippen LogP contribution in [-0.2, 0) is 20.9 Å². The number of hydrogen-bond donors (Lipinski definition) is 1. The van der Waals surface area contributed by atoms with E-state index in [1.165, 1.54) is 11.0 Å². The number of carbonyl (C=O) groups is 3. The van der Waals surface area contributed by atoms with Gasteiger partial charge in [-0.05, 0) is 18.9 Å². The van der Waals surface area contributed by atoms with Crippen molar-refractivity contribution < 1.29 is 18.8 Å². The summed E-state index contributed by atoms with van der Waals surface area (Å²) < 4.78 is 13.5. The molecule has 2 fully saturated rings. The van der Waals surface area contributed by atoms with E-state index < -0.39 is 0 Å². The van der Waals surface area contributed by atoms with Crippen LogP contribution in [0.15, 0.2) is 24.3 Å². The molecule has 1 aliphatic carbocycles. The third kappa shape index (κ3) is 3.32. The fraction of sp³-hybridized carbons (Fsp3) is 0.500. The normalized spacial score (nSPS) is 23.3. The van der Waals surface area contributed by atoms with Crippen LogP contribution in [0.1, 0.15) is 37.7 Å². The van der Waals surface area contributed by atoms with Crippen molar-refractivity contribution in [1.82, 2.24) is 10.2 Å². The molecule has 1 aliphatic heterocycles. The number of likely N-dealkylation sites (tertiary alicyclic amines) is 1. The Morgan fingerprint density at radius 2 is 1.75 bits per heavy atom. The number of halogens is 1. The third-order valence-corrected chi connectivity index (χ3v) is 4.93. The molecule has 24 heavy (non-hydrogen) atoms. The van der Waals surface area contributed by atoms with Crippen molar-refractivity contribution in [2.24, 2.45) is 11.8 Å². The zero-order valence-electron chi connectivity index (χ0n) is 13.5. The first kappa shape index (κ1) is 16.6. The summed E-state index contributed by atoms with van der Waals surface area (Å²) >= 11 is 0. The van der Waals surface area contributed by atoms with Crippen LogP contribution in [-0.4, -0.2) is 29.2 Å². The number of carbonyl (C=O) groups excluding carboxylic acids is 3. The van der Waals surface area contributed by atoms with E-state index in [0.717, 1.165) is 25.7 Å². The number of amides is 3. The molecule has 0 spiro atoms. The maximum atomic E-state index is 13.5. The Balaban J connectivity index is 1.50. The van der Waals surface area contributed by atoms with Gasteiger partial charge in [-0.1, -0.05) is 31.0 Å². The van der Waals surface area contributed by atoms with Crippen molar-refractivity contribution in [3.05, 3.63) is 35.6 Å². The van der Waals surface area contributed by atoms with Gasteiger partial charge >= 0.3 is 0 Å². The largest absolute Gasteiger partial charge is 0.352 e. The number of imide groups is 1. The molecular weight excluding hydrogens is 311 g/mol. The third-order valence-electron chi connectivity index (χ3n) is 4.93.